The molecule has 1 unspecified atom stereocenters. The summed E-state index contributed by atoms with van der Waals surface area (Å²) in [5.41, 5.74) is 2.22. The Balaban J connectivity index is 2.01. The molecule has 0 fully saturated rings. The molecule has 1 aliphatic rings. The molecule has 0 saturated heterocycles. The molecule has 0 amide bonds. The molecule has 1 aliphatic heterocycles. The first-order valence-electron chi connectivity index (χ1n) is 6.30. The summed E-state index contributed by atoms with van der Waals surface area (Å²) >= 11 is 3.34. The van der Waals surface area contributed by atoms with E-state index in [1.54, 1.807) is 18.2 Å². The van der Waals surface area contributed by atoms with Crippen molar-refractivity contribution in [1.29, 1.82) is 0 Å². The molecule has 0 N–H and O–H groups in total. The smallest absolute Gasteiger partial charge is 0.170 e. The lowest BCUT2D eigenvalue weighted by Crippen LogP contribution is -2.21. The fraction of sp³-hybridized carbons (Fsp3) is 0.188. The topological polar surface area (TPSA) is 26.3 Å². The number of Topliss-reactive ketones (excluding diaryl/α,β-unsaturated/α-hetero) is 1. The Kier molecular flexibility index (Phi) is 3.34. The molecule has 0 bridgehead atoms. The summed E-state index contributed by atoms with van der Waals surface area (Å²) in [6.07, 6.45) is -0.194. The van der Waals surface area contributed by atoms with E-state index in [0.717, 1.165) is 15.6 Å². The van der Waals surface area contributed by atoms with Crippen LogP contribution in [0.5, 0.6) is 5.75 Å². The molecule has 1 atom stereocenters. The van der Waals surface area contributed by atoms with E-state index in [-0.39, 0.29) is 18.0 Å². The standard InChI is InChI=1S/C16H12BrFO2/c1-9-2-4-11(18)7-12(9)16-8-14(19)13-6-10(17)3-5-15(13)20-16/h2-7,16H,8H2,1H3. The minimum Gasteiger partial charge on any atom is -0.484 e. The average Bonchev–Trinajstić information content (AvgIpc) is 2.42. The SMILES string of the molecule is Cc1ccc(F)cc1C1CC(=O)c2cc(Br)ccc2O1. The maximum Gasteiger partial charge on any atom is 0.170 e. The van der Waals surface area contributed by atoms with E-state index in [1.807, 2.05) is 13.0 Å². The van der Waals surface area contributed by atoms with Crippen molar-refractivity contribution in [1.82, 2.24) is 0 Å². The second kappa shape index (κ2) is 5.02. The Hall–Kier alpha value is -1.68. The van der Waals surface area contributed by atoms with Crippen molar-refractivity contribution in [3.8, 4) is 5.75 Å². The number of carbonyl (C=O) groups is 1. The molecular formula is C16H12BrFO2. The summed E-state index contributed by atoms with van der Waals surface area (Å²) in [5, 5.41) is 0. The number of benzene rings is 2. The third kappa shape index (κ3) is 2.36. The normalized spacial score (nSPS) is 17.6. The number of rotatable bonds is 1. The van der Waals surface area contributed by atoms with Crippen molar-refractivity contribution in [2.75, 3.05) is 0 Å². The number of ether oxygens (including phenoxy) is 1. The number of ketones is 1. The van der Waals surface area contributed by atoms with Crippen LogP contribution < -0.4 is 4.74 Å². The molecule has 102 valence electrons. The van der Waals surface area contributed by atoms with E-state index in [1.165, 1.54) is 12.1 Å². The van der Waals surface area contributed by atoms with Crippen molar-refractivity contribution >= 4 is 21.7 Å². The zero-order valence-corrected chi connectivity index (χ0v) is 12.4. The molecule has 1 heterocycles. The van der Waals surface area contributed by atoms with Gasteiger partial charge in [0.15, 0.2) is 5.78 Å². The van der Waals surface area contributed by atoms with Gasteiger partial charge >= 0.3 is 0 Å². The molecule has 0 aliphatic carbocycles. The van der Waals surface area contributed by atoms with Gasteiger partial charge in [-0.25, -0.2) is 4.39 Å². The van der Waals surface area contributed by atoms with E-state index in [4.69, 9.17) is 4.74 Å². The average molecular weight is 335 g/mol. The number of hydrogen-bond donors (Lipinski definition) is 0. The minimum absolute atomic E-state index is 0.0150. The Morgan fingerprint density at radius 1 is 1.25 bits per heavy atom. The monoisotopic (exact) mass is 334 g/mol. The van der Waals surface area contributed by atoms with Crippen LogP contribution in [0.1, 0.15) is 34.0 Å². The molecule has 20 heavy (non-hydrogen) atoms. The van der Waals surface area contributed by atoms with Gasteiger partial charge in [-0.1, -0.05) is 22.0 Å². The number of hydrogen-bond acceptors (Lipinski definition) is 2. The van der Waals surface area contributed by atoms with Gasteiger partial charge in [-0.05, 0) is 48.4 Å². The summed E-state index contributed by atoms with van der Waals surface area (Å²) < 4.78 is 20.1. The van der Waals surface area contributed by atoms with Gasteiger partial charge in [-0.3, -0.25) is 4.79 Å². The maximum absolute atomic E-state index is 13.4. The molecule has 2 aromatic rings. The van der Waals surface area contributed by atoms with Crippen molar-refractivity contribution < 1.29 is 13.9 Å². The van der Waals surface area contributed by atoms with Gasteiger partial charge in [0, 0.05) is 4.47 Å². The molecular weight excluding hydrogens is 323 g/mol. The second-order valence-corrected chi connectivity index (χ2v) is 5.79. The van der Waals surface area contributed by atoms with Crippen LogP contribution in [0.15, 0.2) is 40.9 Å². The van der Waals surface area contributed by atoms with Gasteiger partial charge in [0.05, 0.1) is 12.0 Å². The number of halogens is 2. The molecule has 0 spiro atoms. The molecule has 0 saturated carbocycles. The molecule has 2 nitrogen and oxygen atoms in total. The van der Waals surface area contributed by atoms with Crippen LogP contribution in [0.4, 0.5) is 4.39 Å². The van der Waals surface area contributed by atoms with Crippen molar-refractivity contribution in [3.05, 3.63) is 63.4 Å². The number of aryl methyl sites for hydroxylation is 1. The van der Waals surface area contributed by atoms with Gasteiger partial charge in [-0.15, -0.1) is 0 Å². The fourth-order valence-corrected chi connectivity index (χ4v) is 2.79. The van der Waals surface area contributed by atoms with Crippen LogP contribution in [0, 0.1) is 12.7 Å². The molecule has 0 radical (unpaired) electrons. The van der Waals surface area contributed by atoms with Gasteiger partial charge in [0.1, 0.15) is 17.7 Å². The predicted octanol–water partition coefficient (Wildman–Crippen LogP) is 4.60. The highest BCUT2D eigenvalue weighted by Gasteiger charge is 2.28. The molecule has 4 heteroatoms. The highest BCUT2D eigenvalue weighted by Crippen LogP contribution is 2.37. The quantitative estimate of drug-likeness (QED) is 0.761. The van der Waals surface area contributed by atoms with Crippen LogP contribution in [0.2, 0.25) is 0 Å². The van der Waals surface area contributed by atoms with Crippen LogP contribution in [0.25, 0.3) is 0 Å². The first kappa shape index (κ1) is 13.3. The fourth-order valence-electron chi connectivity index (χ4n) is 2.43. The minimum atomic E-state index is -0.424. The third-order valence-electron chi connectivity index (χ3n) is 3.47. The molecule has 3 rings (SSSR count). The Labute approximate surface area is 124 Å². The summed E-state index contributed by atoms with van der Waals surface area (Å²) in [5.74, 6) is 0.252. The van der Waals surface area contributed by atoms with E-state index in [0.29, 0.717) is 11.3 Å². The lowest BCUT2D eigenvalue weighted by atomic mass is 9.94. The largest absolute Gasteiger partial charge is 0.484 e. The Morgan fingerprint density at radius 3 is 2.85 bits per heavy atom. The second-order valence-electron chi connectivity index (χ2n) is 4.88. The van der Waals surface area contributed by atoms with E-state index in [2.05, 4.69) is 15.9 Å². The first-order chi connectivity index (χ1) is 9.54. The van der Waals surface area contributed by atoms with E-state index >= 15 is 0 Å². The highest BCUT2D eigenvalue weighted by atomic mass is 79.9. The number of carbonyl (C=O) groups excluding carboxylic acids is 1. The van der Waals surface area contributed by atoms with E-state index in [9.17, 15) is 9.18 Å². The van der Waals surface area contributed by atoms with Crippen LogP contribution in [-0.4, -0.2) is 5.78 Å². The molecule has 2 aromatic carbocycles. The maximum atomic E-state index is 13.4. The molecule has 0 aromatic heterocycles. The summed E-state index contributed by atoms with van der Waals surface area (Å²) in [6.45, 7) is 1.89. The van der Waals surface area contributed by atoms with Gasteiger partial charge in [0.25, 0.3) is 0 Å². The zero-order valence-electron chi connectivity index (χ0n) is 10.8. The lowest BCUT2D eigenvalue weighted by molar-refractivity contribution is 0.0849. The van der Waals surface area contributed by atoms with Crippen LogP contribution >= 0.6 is 15.9 Å². The van der Waals surface area contributed by atoms with Crippen molar-refractivity contribution in [3.63, 3.8) is 0 Å². The highest BCUT2D eigenvalue weighted by molar-refractivity contribution is 9.10. The van der Waals surface area contributed by atoms with Crippen LogP contribution in [0.3, 0.4) is 0 Å². The summed E-state index contributed by atoms with van der Waals surface area (Å²) in [4.78, 5) is 12.2. The number of fused-ring (bicyclic) bond motifs is 1. The third-order valence-corrected chi connectivity index (χ3v) is 3.96. The van der Waals surface area contributed by atoms with Gasteiger partial charge in [-0.2, -0.15) is 0 Å². The summed E-state index contributed by atoms with van der Waals surface area (Å²) in [7, 11) is 0. The Bertz CT molecular complexity index is 697. The van der Waals surface area contributed by atoms with Crippen molar-refractivity contribution in [2.45, 2.75) is 19.4 Å². The predicted molar refractivity (Wildman–Crippen MR) is 77.6 cm³/mol. The van der Waals surface area contributed by atoms with Gasteiger partial charge < -0.3 is 4.74 Å². The zero-order chi connectivity index (χ0) is 14.3. The first-order valence-corrected chi connectivity index (χ1v) is 7.09. The van der Waals surface area contributed by atoms with Gasteiger partial charge in [0.2, 0.25) is 0 Å². The van der Waals surface area contributed by atoms with Crippen LogP contribution in [-0.2, 0) is 0 Å². The summed E-state index contributed by atoms with van der Waals surface area (Å²) in [6, 6.07) is 9.90. The lowest BCUT2D eigenvalue weighted by Gasteiger charge is -2.26. The van der Waals surface area contributed by atoms with Crippen molar-refractivity contribution in [2.24, 2.45) is 0 Å². The van der Waals surface area contributed by atoms with E-state index < -0.39 is 6.10 Å². The Morgan fingerprint density at radius 2 is 2.05 bits per heavy atom.